The molecule has 0 atom stereocenters. The SMILES string of the molecule is Cc1nnc2c(N)c(-c3cccc(CN4CCOCC4)c3)c3cc(Cl)ccc3n12. The minimum absolute atomic E-state index is 0.615. The minimum atomic E-state index is 0.615. The molecule has 2 aromatic heterocycles. The molecule has 0 unspecified atom stereocenters. The van der Waals surface area contributed by atoms with Crippen molar-refractivity contribution in [2.75, 3.05) is 32.0 Å². The number of morpholine rings is 1. The number of nitrogens with two attached hydrogens (primary N) is 1. The average molecular weight is 408 g/mol. The molecule has 5 rings (SSSR count). The molecule has 0 radical (unpaired) electrons. The van der Waals surface area contributed by atoms with E-state index in [1.807, 2.05) is 29.5 Å². The highest BCUT2D eigenvalue weighted by molar-refractivity contribution is 6.31. The van der Waals surface area contributed by atoms with Crippen molar-refractivity contribution < 1.29 is 4.74 Å². The molecule has 0 saturated carbocycles. The third-order valence-electron chi connectivity index (χ3n) is 5.53. The van der Waals surface area contributed by atoms with Gasteiger partial charge in [0.1, 0.15) is 5.82 Å². The Morgan fingerprint density at radius 1 is 1.10 bits per heavy atom. The van der Waals surface area contributed by atoms with Crippen LogP contribution in [0.25, 0.3) is 27.7 Å². The number of aryl methyl sites for hydroxylation is 1. The van der Waals surface area contributed by atoms with Crippen molar-refractivity contribution in [2.24, 2.45) is 0 Å². The molecule has 6 nitrogen and oxygen atoms in total. The van der Waals surface area contributed by atoms with E-state index < -0.39 is 0 Å². The van der Waals surface area contributed by atoms with Gasteiger partial charge in [-0.1, -0.05) is 29.8 Å². The predicted octanol–water partition coefficient (Wildman–Crippen LogP) is 3.93. The molecule has 7 heteroatoms. The lowest BCUT2D eigenvalue weighted by molar-refractivity contribution is 0.0342. The van der Waals surface area contributed by atoms with E-state index in [9.17, 15) is 0 Å². The Labute approximate surface area is 173 Å². The first-order chi connectivity index (χ1) is 14.1. The molecule has 2 N–H and O–H groups in total. The summed E-state index contributed by atoms with van der Waals surface area (Å²) in [5.41, 5.74) is 12.2. The number of nitrogen functional groups attached to an aromatic ring is 1. The second-order valence-corrected chi connectivity index (χ2v) is 7.88. The van der Waals surface area contributed by atoms with Crippen LogP contribution in [0.4, 0.5) is 5.69 Å². The van der Waals surface area contributed by atoms with Gasteiger partial charge in [-0.25, -0.2) is 0 Å². The largest absolute Gasteiger partial charge is 0.395 e. The zero-order chi connectivity index (χ0) is 20.0. The van der Waals surface area contributed by atoms with Crippen LogP contribution in [-0.4, -0.2) is 45.8 Å². The number of anilines is 1. The number of halogens is 1. The standard InChI is InChI=1S/C22H22ClN5O/c1-14-25-26-22-21(24)20(18-12-17(23)5-6-19(18)28(14)22)16-4-2-3-15(11-16)13-27-7-9-29-10-8-27/h2-6,11-12H,7-10,13,24H2,1H3. The summed E-state index contributed by atoms with van der Waals surface area (Å²) in [5, 5.41) is 10.2. The van der Waals surface area contributed by atoms with Crippen LogP contribution in [0.2, 0.25) is 5.02 Å². The van der Waals surface area contributed by atoms with Crippen LogP contribution < -0.4 is 5.73 Å². The number of benzene rings is 2. The van der Waals surface area contributed by atoms with E-state index in [2.05, 4.69) is 39.4 Å². The van der Waals surface area contributed by atoms with Crippen molar-refractivity contribution in [2.45, 2.75) is 13.5 Å². The maximum Gasteiger partial charge on any atom is 0.185 e. The Hall–Kier alpha value is -2.67. The fourth-order valence-electron chi connectivity index (χ4n) is 4.14. The molecule has 148 valence electrons. The van der Waals surface area contributed by atoms with E-state index in [1.54, 1.807) is 0 Å². The van der Waals surface area contributed by atoms with Gasteiger partial charge in [0.15, 0.2) is 5.65 Å². The van der Waals surface area contributed by atoms with E-state index in [4.69, 9.17) is 22.1 Å². The van der Waals surface area contributed by atoms with Crippen LogP contribution in [0, 0.1) is 6.92 Å². The molecular weight excluding hydrogens is 386 g/mol. The highest BCUT2D eigenvalue weighted by Gasteiger charge is 2.18. The lowest BCUT2D eigenvalue weighted by atomic mass is 9.97. The summed E-state index contributed by atoms with van der Waals surface area (Å²) >= 11 is 6.36. The van der Waals surface area contributed by atoms with E-state index in [1.165, 1.54) is 5.56 Å². The molecule has 0 aliphatic carbocycles. The Morgan fingerprint density at radius 2 is 1.93 bits per heavy atom. The first-order valence-electron chi connectivity index (χ1n) is 9.73. The van der Waals surface area contributed by atoms with Gasteiger partial charge >= 0.3 is 0 Å². The molecule has 0 amide bonds. The van der Waals surface area contributed by atoms with Crippen LogP contribution in [0.15, 0.2) is 42.5 Å². The van der Waals surface area contributed by atoms with Crippen molar-refractivity contribution in [3.63, 3.8) is 0 Å². The number of hydrogen-bond acceptors (Lipinski definition) is 5. The highest BCUT2D eigenvalue weighted by Crippen LogP contribution is 2.38. The number of aromatic nitrogens is 3. The summed E-state index contributed by atoms with van der Waals surface area (Å²) < 4.78 is 7.45. The van der Waals surface area contributed by atoms with Gasteiger partial charge in [-0.2, -0.15) is 0 Å². The summed E-state index contributed by atoms with van der Waals surface area (Å²) in [6.07, 6.45) is 0. The van der Waals surface area contributed by atoms with Gasteiger partial charge in [-0.15, -0.1) is 10.2 Å². The predicted molar refractivity (Wildman–Crippen MR) is 116 cm³/mol. The van der Waals surface area contributed by atoms with Gasteiger partial charge in [-0.3, -0.25) is 9.30 Å². The maximum atomic E-state index is 6.62. The fourth-order valence-corrected chi connectivity index (χ4v) is 4.31. The Kier molecular flexibility index (Phi) is 4.62. The number of pyridine rings is 1. The molecule has 2 aromatic carbocycles. The molecule has 0 spiro atoms. The number of nitrogens with zero attached hydrogens (tertiary/aromatic N) is 4. The van der Waals surface area contributed by atoms with Crippen molar-refractivity contribution in [3.05, 3.63) is 58.9 Å². The van der Waals surface area contributed by atoms with Crippen molar-refractivity contribution in [3.8, 4) is 11.1 Å². The lowest BCUT2D eigenvalue weighted by Crippen LogP contribution is -2.35. The Bertz CT molecular complexity index is 1210. The van der Waals surface area contributed by atoms with Crippen LogP contribution in [0.3, 0.4) is 0 Å². The highest BCUT2D eigenvalue weighted by atomic mass is 35.5. The first-order valence-corrected chi connectivity index (χ1v) is 10.1. The summed E-state index contributed by atoms with van der Waals surface area (Å²) in [6, 6.07) is 14.4. The number of ether oxygens (including phenoxy) is 1. The normalized spacial score (nSPS) is 15.4. The zero-order valence-electron chi connectivity index (χ0n) is 16.2. The second kappa shape index (κ2) is 7.30. The third-order valence-corrected chi connectivity index (χ3v) is 5.76. The molecule has 1 aliphatic heterocycles. The summed E-state index contributed by atoms with van der Waals surface area (Å²) in [5.74, 6) is 0.798. The van der Waals surface area contributed by atoms with Crippen molar-refractivity contribution >= 4 is 33.8 Å². The molecular formula is C22H22ClN5O. The average Bonchev–Trinajstić information content (AvgIpc) is 3.11. The van der Waals surface area contributed by atoms with E-state index in [0.29, 0.717) is 16.4 Å². The van der Waals surface area contributed by atoms with E-state index in [-0.39, 0.29) is 0 Å². The molecule has 4 aromatic rings. The number of fused-ring (bicyclic) bond motifs is 3. The smallest absolute Gasteiger partial charge is 0.185 e. The molecule has 1 fully saturated rings. The summed E-state index contributed by atoms with van der Waals surface area (Å²) in [4.78, 5) is 2.41. The Balaban J connectivity index is 1.69. The second-order valence-electron chi connectivity index (χ2n) is 7.45. The first kappa shape index (κ1) is 18.4. The monoisotopic (exact) mass is 407 g/mol. The number of rotatable bonds is 3. The van der Waals surface area contributed by atoms with Gasteiger partial charge in [0, 0.05) is 35.6 Å². The molecule has 1 saturated heterocycles. The topological polar surface area (TPSA) is 68.7 Å². The fraction of sp³-hybridized carbons (Fsp3) is 0.273. The van der Waals surface area contributed by atoms with E-state index >= 15 is 0 Å². The van der Waals surface area contributed by atoms with Gasteiger partial charge in [0.25, 0.3) is 0 Å². The maximum absolute atomic E-state index is 6.62. The molecule has 0 bridgehead atoms. The quantitative estimate of drug-likeness (QED) is 0.557. The molecule has 3 heterocycles. The lowest BCUT2D eigenvalue weighted by Gasteiger charge is -2.26. The zero-order valence-corrected chi connectivity index (χ0v) is 17.0. The van der Waals surface area contributed by atoms with Crippen LogP contribution in [-0.2, 0) is 11.3 Å². The van der Waals surface area contributed by atoms with Crippen LogP contribution >= 0.6 is 11.6 Å². The van der Waals surface area contributed by atoms with Crippen molar-refractivity contribution in [1.29, 1.82) is 0 Å². The third kappa shape index (κ3) is 3.23. The van der Waals surface area contributed by atoms with E-state index in [0.717, 1.165) is 60.7 Å². The minimum Gasteiger partial charge on any atom is -0.395 e. The van der Waals surface area contributed by atoms with Crippen molar-refractivity contribution in [1.82, 2.24) is 19.5 Å². The van der Waals surface area contributed by atoms with Crippen LogP contribution in [0.5, 0.6) is 0 Å². The number of hydrogen-bond donors (Lipinski definition) is 1. The summed E-state index contributed by atoms with van der Waals surface area (Å²) in [7, 11) is 0. The van der Waals surface area contributed by atoms with Gasteiger partial charge in [0.05, 0.1) is 24.4 Å². The van der Waals surface area contributed by atoms with Gasteiger partial charge in [-0.05, 0) is 42.3 Å². The Morgan fingerprint density at radius 3 is 2.76 bits per heavy atom. The van der Waals surface area contributed by atoms with Gasteiger partial charge in [0.2, 0.25) is 0 Å². The van der Waals surface area contributed by atoms with Gasteiger partial charge < -0.3 is 10.5 Å². The molecule has 29 heavy (non-hydrogen) atoms. The summed E-state index contributed by atoms with van der Waals surface area (Å²) in [6.45, 7) is 6.31. The molecule has 1 aliphatic rings. The van der Waals surface area contributed by atoms with Crippen LogP contribution in [0.1, 0.15) is 11.4 Å².